The third kappa shape index (κ3) is 2.59. The Bertz CT molecular complexity index is 524. The third-order valence-electron chi connectivity index (χ3n) is 2.84. The number of aryl methyl sites for hydroxylation is 1. The number of aromatic nitrogens is 2. The van der Waals surface area contributed by atoms with Gasteiger partial charge in [0.2, 0.25) is 0 Å². The SMILES string of the molecule is CSCCC(N)c1nc2ccc(Cl)cc2n1C. The maximum atomic E-state index is 6.15. The molecule has 2 N–H and O–H groups in total. The number of hydrogen-bond donors (Lipinski definition) is 1. The molecule has 0 bridgehead atoms. The predicted octanol–water partition coefficient (Wildman–Crippen LogP) is 2.98. The van der Waals surface area contributed by atoms with Crippen LogP contribution in [0.1, 0.15) is 18.3 Å². The average Bonchev–Trinajstić information content (AvgIpc) is 2.64. The average molecular weight is 270 g/mol. The van der Waals surface area contributed by atoms with Crippen LogP contribution in [-0.4, -0.2) is 21.6 Å². The monoisotopic (exact) mass is 269 g/mol. The van der Waals surface area contributed by atoms with Crippen LogP contribution in [0.25, 0.3) is 11.0 Å². The van der Waals surface area contributed by atoms with Crippen LogP contribution < -0.4 is 5.73 Å². The van der Waals surface area contributed by atoms with E-state index in [9.17, 15) is 0 Å². The van der Waals surface area contributed by atoms with Crippen molar-refractivity contribution in [2.75, 3.05) is 12.0 Å². The fraction of sp³-hybridized carbons (Fsp3) is 0.417. The summed E-state index contributed by atoms with van der Waals surface area (Å²) in [6.07, 6.45) is 3.02. The highest BCUT2D eigenvalue weighted by Gasteiger charge is 2.14. The highest BCUT2D eigenvalue weighted by molar-refractivity contribution is 7.98. The molecule has 2 rings (SSSR count). The van der Waals surface area contributed by atoms with Crippen LogP contribution in [-0.2, 0) is 7.05 Å². The fourth-order valence-corrected chi connectivity index (χ4v) is 2.54. The number of hydrogen-bond acceptors (Lipinski definition) is 3. The zero-order valence-electron chi connectivity index (χ0n) is 9.98. The van der Waals surface area contributed by atoms with Crippen molar-refractivity contribution >= 4 is 34.4 Å². The number of thioether (sulfide) groups is 1. The summed E-state index contributed by atoms with van der Waals surface area (Å²) < 4.78 is 2.03. The van der Waals surface area contributed by atoms with E-state index in [2.05, 4.69) is 11.2 Å². The molecule has 2 aromatic rings. The summed E-state index contributed by atoms with van der Waals surface area (Å²) in [6, 6.07) is 5.70. The van der Waals surface area contributed by atoms with E-state index in [0.717, 1.165) is 34.1 Å². The molecule has 92 valence electrons. The van der Waals surface area contributed by atoms with E-state index < -0.39 is 0 Å². The van der Waals surface area contributed by atoms with Gasteiger partial charge in [0.25, 0.3) is 0 Å². The third-order valence-corrected chi connectivity index (χ3v) is 3.72. The van der Waals surface area contributed by atoms with Gasteiger partial charge in [-0.15, -0.1) is 0 Å². The molecule has 0 radical (unpaired) electrons. The van der Waals surface area contributed by atoms with Gasteiger partial charge in [0, 0.05) is 12.1 Å². The van der Waals surface area contributed by atoms with Crippen molar-refractivity contribution in [3.63, 3.8) is 0 Å². The van der Waals surface area contributed by atoms with Crippen LogP contribution in [0.3, 0.4) is 0 Å². The molecule has 0 fully saturated rings. The molecule has 0 aliphatic heterocycles. The molecule has 1 unspecified atom stereocenters. The first-order valence-electron chi connectivity index (χ1n) is 5.50. The van der Waals surface area contributed by atoms with E-state index in [-0.39, 0.29) is 6.04 Å². The Labute approximate surface area is 110 Å². The Hall–Kier alpha value is -0.710. The minimum atomic E-state index is -0.0152. The van der Waals surface area contributed by atoms with Crippen LogP contribution >= 0.6 is 23.4 Å². The molecule has 1 aromatic carbocycles. The number of fused-ring (bicyclic) bond motifs is 1. The van der Waals surface area contributed by atoms with Gasteiger partial charge in [-0.05, 0) is 36.6 Å². The van der Waals surface area contributed by atoms with Crippen LogP contribution in [0, 0.1) is 0 Å². The molecule has 5 heteroatoms. The quantitative estimate of drug-likeness (QED) is 0.928. The zero-order valence-corrected chi connectivity index (χ0v) is 11.6. The summed E-state index contributed by atoms with van der Waals surface area (Å²) in [4.78, 5) is 4.58. The first kappa shape index (κ1) is 12.7. The van der Waals surface area contributed by atoms with Crippen molar-refractivity contribution in [2.24, 2.45) is 12.8 Å². The Balaban J connectivity index is 2.38. The second kappa shape index (κ2) is 5.29. The van der Waals surface area contributed by atoms with Gasteiger partial charge in [-0.2, -0.15) is 11.8 Å². The number of nitrogens with two attached hydrogens (primary N) is 1. The van der Waals surface area contributed by atoms with Gasteiger partial charge in [-0.25, -0.2) is 4.98 Å². The topological polar surface area (TPSA) is 43.8 Å². The van der Waals surface area contributed by atoms with Crippen LogP contribution in [0.4, 0.5) is 0 Å². The summed E-state index contributed by atoms with van der Waals surface area (Å²) >= 11 is 7.79. The lowest BCUT2D eigenvalue weighted by atomic mass is 10.2. The molecule has 3 nitrogen and oxygen atoms in total. The molecule has 0 saturated heterocycles. The molecule has 0 amide bonds. The Morgan fingerprint density at radius 3 is 3.00 bits per heavy atom. The Morgan fingerprint density at radius 1 is 1.53 bits per heavy atom. The van der Waals surface area contributed by atoms with Crippen molar-refractivity contribution in [3.05, 3.63) is 29.0 Å². The molecule has 1 aromatic heterocycles. The van der Waals surface area contributed by atoms with Crippen LogP contribution in [0.2, 0.25) is 5.02 Å². The molecule has 1 atom stereocenters. The van der Waals surface area contributed by atoms with Crippen molar-refractivity contribution in [1.29, 1.82) is 0 Å². The first-order valence-corrected chi connectivity index (χ1v) is 7.27. The second-order valence-electron chi connectivity index (χ2n) is 4.05. The second-order valence-corrected chi connectivity index (χ2v) is 5.47. The molecule has 1 heterocycles. The van der Waals surface area contributed by atoms with Gasteiger partial charge < -0.3 is 10.3 Å². The number of benzene rings is 1. The van der Waals surface area contributed by atoms with Crippen LogP contribution in [0.5, 0.6) is 0 Å². The van der Waals surface area contributed by atoms with Crippen LogP contribution in [0.15, 0.2) is 18.2 Å². The summed E-state index contributed by atoms with van der Waals surface area (Å²) in [5.41, 5.74) is 8.14. The fourth-order valence-electron chi connectivity index (χ4n) is 1.89. The standard InChI is InChI=1S/C12H16ClN3S/c1-16-11-7-8(13)3-4-10(11)15-12(16)9(14)5-6-17-2/h3-4,7,9H,5-6,14H2,1-2H3. The zero-order chi connectivity index (χ0) is 12.4. The van der Waals surface area contributed by atoms with E-state index in [1.807, 2.05) is 29.8 Å². The van der Waals surface area contributed by atoms with E-state index in [1.165, 1.54) is 0 Å². The maximum absolute atomic E-state index is 6.15. The molecule has 0 aliphatic carbocycles. The summed E-state index contributed by atoms with van der Waals surface area (Å²) in [6.45, 7) is 0. The number of halogens is 1. The molecule has 0 saturated carbocycles. The summed E-state index contributed by atoms with van der Waals surface area (Å²) in [7, 11) is 1.99. The van der Waals surface area contributed by atoms with Gasteiger partial charge in [-0.3, -0.25) is 0 Å². The molecule has 0 aliphatic rings. The molecule has 17 heavy (non-hydrogen) atoms. The highest BCUT2D eigenvalue weighted by Crippen LogP contribution is 2.23. The first-order chi connectivity index (χ1) is 8.13. The minimum absolute atomic E-state index is 0.0152. The predicted molar refractivity (Wildman–Crippen MR) is 75.7 cm³/mol. The normalized spacial score (nSPS) is 13.2. The van der Waals surface area contributed by atoms with Crippen molar-refractivity contribution in [3.8, 4) is 0 Å². The van der Waals surface area contributed by atoms with Gasteiger partial charge in [0.05, 0.1) is 17.1 Å². The van der Waals surface area contributed by atoms with Gasteiger partial charge in [-0.1, -0.05) is 11.6 Å². The maximum Gasteiger partial charge on any atom is 0.126 e. The lowest BCUT2D eigenvalue weighted by molar-refractivity contribution is 0.628. The van der Waals surface area contributed by atoms with E-state index in [1.54, 1.807) is 11.8 Å². The van der Waals surface area contributed by atoms with E-state index >= 15 is 0 Å². The Kier molecular flexibility index (Phi) is 3.97. The number of nitrogens with zero attached hydrogens (tertiary/aromatic N) is 2. The molecule has 0 spiro atoms. The van der Waals surface area contributed by atoms with E-state index in [4.69, 9.17) is 17.3 Å². The van der Waals surface area contributed by atoms with Crippen molar-refractivity contribution < 1.29 is 0 Å². The number of imidazole rings is 1. The smallest absolute Gasteiger partial charge is 0.126 e. The number of rotatable bonds is 4. The minimum Gasteiger partial charge on any atom is -0.330 e. The lowest BCUT2D eigenvalue weighted by Gasteiger charge is -2.10. The van der Waals surface area contributed by atoms with Gasteiger partial charge in [0.15, 0.2) is 0 Å². The molecular formula is C12H16ClN3S. The van der Waals surface area contributed by atoms with Crippen molar-refractivity contribution in [2.45, 2.75) is 12.5 Å². The largest absolute Gasteiger partial charge is 0.330 e. The Morgan fingerprint density at radius 2 is 2.29 bits per heavy atom. The highest BCUT2D eigenvalue weighted by atomic mass is 35.5. The van der Waals surface area contributed by atoms with Gasteiger partial charge >= 0.3 is 0 Å². The molecular weight excluding hydrogens is 254 g/mol. The van der Waals surface area contributed by atoms with E-state index in [0.29, 0.717) is 0 Å². The van der Waals surface area contributed by atoms with Gasteiger partial charge in [0.1, 0.15) is 5.82 Å². The van der Waals surface area contributed by atoms with Crippen molar-refractivity contribution in [1.82, 2.24) is 9.55 Å². The summed E-state index contributed by atoms with van der Waals surface area (Å²) in [5, 5.41) is 0.727. The lowest BCUT2D eigenvalue weighted by Crippen LogP contribution is -2.16. The summed E-state index contributed by atoms with van der Waals surface area (Å²) in [5.74, 6) is 1.97.